The smallest absolute Gasteiger partial charge is 0.416 e. The molecule has 0 fully saturated rings. The highest BCUT2D eigenvalue weighted by Crippen LogP contribution is 2.39. The Kier molecular flexibility index (Phi) is 5.42. The van der Waals surface area contributed by atoms with E-state index in [1.165, 1.54) is 12.1 Å². The summed E-state index contributed by atoms with van der Waals surface area (Å²) in [6, 6.07) is 18.2. The highest BCUT2D eigenvalue weighted by molar-refractivity contribution is 7.86. The Morgan fingerprint density at radius 2 is 1.67 bits per heavy atom. The molecular weight excluding hydrogens is 415 g/mol. The summed E-state index contributed by atoms with van der Waals surface area (Å²) >= 11 is 0. The quantitative estimate of drug-likeness (QED) is 0.586. The van der Waals surface area contributed by atoms with E-state index in [4.69, 9.17) is 9.47 Å². The number of para-hydroxylation sites is 1. The molecule has 0 bridgehead atoms. The third-order valence-electron chi connectivity index (χ3n) is 4.80. The van der Waals surface area contributed by atoms with E-state index in [2.05, 4.69) is 5.32 Å². The number of hydrogen-bond acceptors (Lipinski definition) is 4. The van der Waals surface area contributed by atoms with Gasteiger partial charge >= 0.3 is 6.18 Å². The predicted molar refractivity (Wildman–Crippen MR) is 108 cm³/mol. The summed E-state index contributed by atoms with van der Waals surface area (Å²) in [4.78, 5) is 0.566. The van der Waals surface area contributed by atoms with Crippen molar-refractivity contribution in [3.8, 4) is 11.5 Å². The van der Waals surface area contributed by atoms with Crippen LogP contribution >= 0.6 is 0 Å². The van der Waals surface area contributed by atoms with Gasteiger partial charge in [0.2, 0.25) is 5.44 Å². The van der Waals surface area contributed by atoms with Gasteiger partial charge in [-0.2, -0.15) is 13.2 Å². The average molecular weight is 433 g/mol. The van der Waals surface area contributed by atoms with Crippen molar-refractivity contribution in [1.82, 2.24) is 0 Å². The van der Waals surface area contributed by atoms with E-state index in [0.717, 1.165) is 12.1 Å². The summed E-state index contributed by atoms with van der Waals surface area (Å²) in [7, 11) is 0.0559. The van der Waals surface area contributed by atoms with Crippen LogP contribution in [0.1, 0.15) is 17.2 Å². The van der Waals surface area contributed by atoms with Crippen LogP contribution < -0.4 is 14.8 Å². The summed E-state index contributed by atoms with van der Waals surface area (Å²) in [5.74, 6) is 1.18. The largest absolute Gasteiger partial charge is 0.497 e. The van der Waals surface area contributed by atoms with Crippen LogP contribution in [0.4, 0.5) is 18.9 Å². The Morgan fingerprint density at radius 3 is 2.27 bits per heavy atom. The van der Waals surface area contributed by atoms with Gasteiger partial charge in [-0.15, -0.1) is 0 Å². The molecule has 0 saturated carbocycles. The molecule has 1 N–H and O–H groups in total. The summed E-state index contributed by atoms with van der Waals surface area (Å²) in [6.45, 7) is 0. The number of anilines is 1. The number of fused-ring (bicyclic) bond motifs is 1. The first kappa shape index (κ1) is 20.3. The molecule has 0 radical (unpaired) electrons. The van der Waals surface area contributed by atoms with Crippen LogP contribution in [0.3, 0.4) is 0 Å². The number of halogens is 3. The van der Waals surface area contributed by atoms with Crippen LogP contribution in [0.25, 0.3) is 0 Å². The van der Waals surface area contributed by atoms with Crippen LogP contribution in [0.15, 0.2) is 77.7 Å². The molecule has 4 nitrogen and oxygen atoms in total. The third-order valence-corrected chi connectivity index (χ3v) is 6.36. The molecule has 30 heavy (non-hydrogen) atoms. The summed E-state index contributed by atoms with van der Waals surface area (Å²) < 4.78 is 63.1. The summed E-state index contributed by atoms with van der Waals surface area (Å²) in [5.41, 5.74) is -0.324. The number of ether oxygens (including phenoxy) is 2. The SMILES string of the molecule is COc1ccc(N[C@H](c2ccc(C(F)(F)F)cc2)[C@@H]2Oc3ccccc3S2=O)cc1. The molecule has 0 aromatic heterocycles. The van der Waals surface area contributed by atoms with Gasteiger partial charge in [-0.1, -0.05) is 24.3 Å². The first-order valence-corrected chi connectivity index (χ1v) is 10.3. The van der Waals surface area contributed by atoms with Crippen LogP contribution in [0.5, 0.6) is 11.5 Å². The topological polar surface area (TPSA) is 47.6 Å². The second-order valence-electron chi connectivity index (χ2n) is 6.70. The molecule has 8 heteroatoms. The molecule has 0 spiro atoms. The highest BCUT2D eigenvalue weighted by atomic mass is 32.2. The Hall–Kier alpha value is -3.00. The minimum atomic E-state index is -4.43. The highest BCUT2D eigenvalue weighted by Gasteiger charge is 2.39. The van der Waals surface area contributed by atoms with E-state index >= 15 is 0 Å². The lowest BCUT2D eigenvalue weighted by Gasteiger charge is -2.25. The molecule has 1 aliphatic heterocycles. The van der Waals surface area contributed by atoms with Crippen molar-refractivity contribution in [2.45, 2.75) is 22.5 Å². The second kappa shape index (κ2) is 8.02. The minimum Gasteiger partial charge on any atom is -0.497 e. The molecule has 4 rings (SSSR count). The fourth-order valence-corrected chi connectivity index (χ4v) is 4.69. The molecule has 1 aliphatic rings. The maximum Gasteiger partial charge on any atom is 0.416 e. The van der Waals surface area contributed by atoms with Crippen LogP contribution in [0, 0.1) is 0 Å². The van der Waals surface area contributed by atoms with Crippen molar-refractivity contribution in [2.24, 2.45) is 0 Å². The van der Waals surface area contributed by atoms with E-state index < -0.39 is 34.0 Å². The number of nitrogens with one attached hydrogen (secondary N) is 1. The monoisotopic (exact) mass is 433 g/mol. The lowest BCUT2D eigenvalue weighted by atomic mass is 10.0. The van der Waals surface area contributed by atoms with Gasteiger partial charge < -0.3 is 14.8 Å². The zero-order valence-corrected chi connectivity index (χ0v) is 16.7. The van der Waals surface area contributed by atoms with Crippen molar-refractivity contribution >= 4 is 16.5 Å². The van der Waals surface area contributed by atoms with Gasteiger partial charge in [0.1, 0.15) is 28.3 Å². The van der Waals surface area contributed by atoms with E-state index in [1.807, 2.05) is 0 Å². The lowest BCUT2D eigenvalue weighted by molar-refractivity contribution is -0.137. The number of methoxy groups -OCH3 is 1. The number of rotatable bonds is 5. The lowest BCUT2D eigenvalue weighted by Crippen LogP contribution is -2.31. The van der Waals surface area contributed by atoms with Gasteiger partial charge in [-0.05, 0) is 54.1 Å². The van der Waals surface area contributed by atoms with Crippen molar-refractivity contribution in [1.29, 1.82) is 0 Å². The van der Waals surface area contributed by atoms with E-state index in [9.17, 15) is 17.4 Å². The van der Waals surface area contributed by atoms with Crippen molar-refractivity contribution < 1.29 is 26.9 Å². The van der Waals surface area contributed by atoms with Gasteiger partial charge in [-0.3, -0.25) is 4.21 Å². The van der Waals surface area contributed by atoms with Gasteiger partial charge in [0, 0.05) is 5.69 Å². The van der Waals surface area contributed by atoms with Crippen LogP contribution in [-0.2, 0) is 17.0 Å². The van der Waals surface area contributed by atoms with Gasteiger partial charge in [0.05, 0.1) is 17.6 Å². The molecule has 0 aliphatic carbocycles. The molecule has 0 saturated heterocycles. The first-order valence-electron chi connectivity index (χ1n) is 9.11. The second-order valence-corrected chi connectivity index (χ2v) is 8.20. The van der Waals surface area contributed by atoms with E-state index in [1.54, 1.807) is 55.6 Å². The minimum absolute atomic E-state index is 0.509. The normalized spacial score (nSPS) is 18.9. The zero-order valence-electron chi connectivity index (χ0n) is 15.8. The van der Waals surface area contributed by atoms with Gasteiger partial charge in [-0.25, -0.2) is 0 Å². The van der Waals surface area contributed by atoms with Gasteiger partial charge in [0.25, 0.3) is 0 Å². The number of alkyl halides is 3. The molecule has 0 amide bonds. The van der Waals surface area contributed by atoms with Crippen LogP contribution in [-0.4, -0.2) is 16.8 Å². The maximum atomic E-state index is 13.1. The molecule has 1 heterocycles. The molecule has 3 aromatic rings. The fourth-order valence-electron chi connectivity index (χ4n) is 3.25. The zero-order chi connectivity index (χ0) is 21.3. The fraction of sp³-hybridized carbons (Fsp3) is 0.182. The maximum absolute atomic E-state index is 13.1. The summed E-state index contributed by atoms with van der Waals surface area (Å²) in [6.07, 6.45) is -4.43. The molecule has 3 atom stereocenters. The standard InChI is InChI=1S/C22H18F3NO3S/c1-28-17-12-10-16(11-13-17)26-20(14-6-8-15(9-7-14)22(23,24)25)21-29-18-4-2-3-5-19(18)30(21)27/h2-13,20-21,26H,1H3/t20-,21-,30?/m1/s1. The molecule has 3 aromatic carbocycles. The van der Waals surface area contributed by atoms with Crippen molar-refractivity contribution in [2.75, 3.05) is 12.4 Å². The summed E-state index contributed by atoms with van der Waals surface area (Å²) in [5, 5.41) is 3.26. The van der Waals surface area contributed by atoms with Crippen molar-refractivity contribution in [3.63, 3.8) is 0 Å². The Bertz CT molecular complexity index is 1050. The number of hydrogen-bond donors (Lipinski definition) is 1. The van der Waals surface area contributed by atoms with E-state index in [0.29, 0.717) is 27.6 Å². The van der Waals surface area contributed by atoms with Crippen molar-refractivity contribution in [3.05, 3.63) is 83.9 Å². The van der Waals surface area contributed by atoms with Gasteiger partial charge in [0.15, 0.2) is 0 Å². The Balaban J connectivity index is 1.69. The Morgan fingerprint density at radius 1 is 1.00 bits per heavy atom. The molecular formula is C22H18F3NO3S. The first-order chi connectivity index (χ1) is 14.4. The molecule has 1 unspecified atom stereocenters. The average Bonchev–Trinajstić information content (AvgIpc) is 3.08. The number of benzene rings is 3. The molecule has 156 valence electrons. The van der Waals surface area contributed by atoms with Crippen LogP contribution in [0.2, 0.25) is 0 Å². The Labute approximate surface area is 174 Å². The third kappa shape index (κ3) is 4.00. The van der Waals surface area contributed by atoms with E-state index in [-0.39, 0.29) is 0 Å². The predicted octanol–water partition coefficient (Wildman–Crippen LogP) is 5.39.